The van der Waals surface area contributed by atoms with Crippen LogP contribution in [0.25, 0.3) is 0 Å². The van der Waals surface area contributed by atoms with E-state index in [9.17, 15) is 4.79 Å². The molecule has 1 heterocycles. The average molecular weight is 352 g/mol. The number of carbonyl (C=O) groups is 1. The lowest BCUT2D eigenvalue weighted by molar-refractivity contribution is -0.132. The Kier molecular flexibility index (Phi) is 6.67. The van der Waals surface area contributed by atoms with Crippen molar-refractivity contribution in [2.45, 2.75) is 19.3 Å². The molecular formula is C22H28N2O2. The fourth-order valence-corrected chi connectivity index (χ4v) is 3.39. The number of piperazine rings is 1. The van der Waals surface area contributed by atoms with Crippen LogP contribution in [0.1, 0.15) is 17.5 Å². The lowest BCUT2D eigenvalue weighted by Crippen LogP contribution is -2.49. The summed E-state index contributed by atoms with van der Waals surface area (Å²) in [5.41, 5.74) is 2.53. The van der Waals surface area contributed by atoms with E-state index in [4.69, 9.17) is 4.74 Å². The molecule has 0 saturated carbocycles. The van der Waals surface area contributed by atoms with Crippen molar-refractivity contribution in [2.75, 3.05) is 39.8 Å². The maximum Gasteiger partial charge on any atom is 0.222 e. The number of rotatable bonds is 7. The molecule has 1 amide bonds. The summed E-state index contributed by atoms with van der Waals surface area (Å²) in [6, 6.07) is 18.5. The Morgan fingerprint density at radius 3 is 2.38 bits per heavy atom. The second kappa shape index (κ2) is 9.39. The number of ether oxygens (including phenoxy) is 1. The highest BCUT2D eigenvalue weighted by Crippen LogP contribution is 2.14. The number of methoxy groups -OCH3 is 1. The third kappa shape index (κ3) is 5.33. The van der Waals surface area contributed by atoms with E-state index in [1.165, 1.54) is 11.1 Å². The molecule has 26 heavy (non-hydrogen) atoms. The molecule has 3 rings (SSSR count). The minimum atomic E-state index is 0.279. The van der Waals surface area contributed by atoms with Gasteiger partial charge in [-0.05, 0) is 36.1 Å². The Balaban J connectivity index is 1.38. The summed E-state index contributed by atoms with van der Waals surface area (Å²) < 4.78 is 5.28. The minimum Gasteiger partial charge on any atom is -0.497 e. The predicted octanol–water partition coefficient (Wildman–Crippen LogP) is 3.01. The zero-order valence-corrected chi connectivity index (χ0v) is 15.6. The third-order valence-electron chi connectivity index (χ3n) is 5.05. The zero-order chi connectivity index (χ0) is 18.2. The Bertz CT molecular complexity index is 694. The maximum absolute atomic E-state index is 12.4. The van der Waals surface area contributed by atoms with E-state index in [1.807, 2.05) is 35.2 Å². The normalized spacial score (nSPS) is 15.0. The quantitative estimate of drug-likeness (QED) is 0.768. The number of benzene rings is 2. The van der Waals surface area contributed by atoms with Crippen LogP contribution in [0.5, 0.6) is 5.75 Å². The smallest absolute Gasteiger partial charge is 0.222 e. The van der Waals surface area contributed by atoms with E-state index in [1.54, 1.807) is 7.11 Å². The molecule has 4 heteroatoms. The summed E-state index contributed by atoms with van der Waals surface area (Å²) in [6.07, 6.45) is 2.45. The second-order valence-electron chi connectivity index (χ2n) is 6.81. The molecule has 0 spiro atoms. The molecule has 4 nitrogen and oxygen atoms in total. The van der Waals surface area contributed by atoms with Gasteiger partial charge in [-0.2, -0.15) is 0 Å². The molecule has 2 aromatic rings. The molecule has 0 radical (unpaired) electrons. The van der Waals surface area contributed by atoms with Crippen molar-refractivity contribution in [2.24, 2.45) is 0 Å². The Morgan fingerprint density at radius 1 is 0.923 bits per heavy atom. The van der Waals surface area contributed by atoms with Gasteiger partial charge in [-0.25, -0.2) is 0 Å². The number of hydrogen-bond acceptors (Lipinski definition) is 3. The first-order valence-corrected chi connectivity index (χ1v) is 9.41. The molecule has 0 unspecified atom stereocenters. The van der Waals surface area contributed by atoms with Crippen LogP contribution in [0.4, 0.5) is 0 Å². The molecule has 1 aliphatic heterocycles. The average Bonchev–Trinajstić information content (AvgIpc) is 2.72. The van der Waals surface area contributed by atoms with Gasteiger partial charge in [-0.15, -0.1) is 0 Å². The van der Waals surface area contributed by atoms with Crippen LogP contribution in [0, 0.1) is 0 Å². The Labute approximate surface area is 156 Å². The zero-order valence-electron chi connectivity index (χ0n) is 15.6. The van der Waals surface area contributed by atoms with Crippen LogP contribution in [0.3, 0.4) is 0 Å². The van der Waals surface area contributed by atoms with Crippen molar-refractivity contribution in [1.82, 2.24) is 9.80 Å². The van der Waals surface area contributed by atoms with Crippen LogP contribution in [-0.4, -0.2) is 55.5 Å². The van der Waals surface area contributed by atoms with Gasteiger partial charge in [-0.3, -0.25) is 9.69 Å². The van der Waals surface area contributed by atoms with Crippen LogP contribution in [0.2, 0.25) is 0 Å². The summed E-state index contributed by atoms with van der Waals surface area (Å²) in [5, 5.41) is 0. The standard InChI is InChI=1S/C22H28N2O2/c1-26-21-9-5-8-20(18-21)12-13-23-14-16-24(17-15-23)22(25)11-10-19-6-3-2-4-7-19/h2-9,18H,10-17H2,1H3. The first-order chi connectivity index (χ1) is 12.7. The van der Waals surface area contributed by atoms with E-state index in [2.05, 4.69) is 29.2 Å². The number of nitrogens with zero attached hydrogens (tertiary/aromatic N) is 2. The molecule has 0 atom stereocenters. The van der Waals surface area contributed by atoms with Crippen molar-refractivity contribution < 1.29 is 9.53 Å². The lowest BCUT2D eigenvalue weighted by Gasteiger charge is -2.34. The SMILES string of the molecule is COc1cccc(CCN2CCN(C(=O)CCc3ccccc3)CC2)c1. The lowest BCUT2D eigenvalue weighted by atomic mass is 10.1. The van der Waals surface area contributed by atoms with Gasteiger partial charge in [0, 0.05) is 39.1 Å². The van der Waals surface area contributed by atoms with Crippen molar-refractivity contribution in [1.29, 1.82) is 0 Å². The van der Waals surface area contributed by atoms with Gasteiger partial charge in [0.25, 0.3) is 0 Å². The van der Waals surface area contributed by atoms with Crippen LogP contribution in [-0.2, 0) is 17.6 Å². The largest absolute Gasteiger partial charge is 0.497 e. The van der Waals surface area contributed by atoms with Gasteiger partial charge in [0.05, 0.1) is 7.11 Å². The fraction of sp³-hybridized carbons (Fsp3) is 0.409. The van der Waals surface area contributed by atoms with Crippen LogP contribution >= 0.6 is 0 Å². The highest BCUT2D eigenvalue weighted by molar-refractivity contribution is 5.76. The Hall–Kier alpha value is -2.33. The van der Waals surface area contributed by atoms with Gasteiger partial charge >= 0.3 is 0 Å². The molecule has 138 valence electrons. The van der Waals surface area contributed by atoms with E-state index >= 15 is 0 Å². The van der Waals surface area contributed by atoms with Gasteiger partial charge in [0.1, 0.15) is 5.75 Å². The fourth-order valence-electron chi connectivity index (χ4n) is 3.39. The third-order valence-corrected chi connectivity index (χ3v) is 5.05. The van der Waals surface area contributed by atoms with Gasteiger partial charge in [0.15, 0.2) is 0 Å². The summed E-state index contributed by atoms with van der Waals surface area (Å²) in [4.78, 5) is 16.9. The number of hydrogen-bond donors (Lipinski definition) is 0. The molecular weight excluding hydrogens is 324 g/mol. The second-order valence-corrected chi connectivity index (χ2v) is 6.81. The minimum absolute atomic E-state index is 0.279. The molecule has 1 saturated heterocycles. The van der Waals surface area contributed by atoms with E-state index < -0.39 is 0 Å². The van der Waals surface area contributed by atoms with Crippen molar-refractivity contribution in [3.8, 4) is 5.75 Å². The predicted molar refractivity (Wildman–Crippen MR) is 104 cm³/mol. The monoisotopic (exact) mass is 352 g/mol. The maximum atomic E-state index is 12.4. The van der Waals surface area contributed by atoms with Crippen molar-refractivity contribution in [3.05, 3.63) is 65.7 Å². The van der Waals surface area contributed by atoms with Crippen LogP contribution in [0.15, 0.2) is 54.6 Å². The Morgan fingerprint density at radius 2 is 1.65 bits per heavy atom. The molecule has 0 aliphatic carbocycles. The van der Waals surface area contributed by atoms with Crippen molar-refractivity contribution >= 4 is 5.91 Å². The molecule has 2 aromatic carbocycles. The first kappa shape index (κ1) is 18.5. The van der Waals surface area contributed by atoms with Crippen molar-refractivity contribution in [3.63, 3.8) is 0 Å². The van der Waals surface area contributed by atoms with E-state index in [0.717, 1.165) is 51.3 Å². The number of carbonyl (C=O) groups excluding carboxylic acids is 1. The molecule has 0 aromatic heterocycles. The topological polar surface area (TPSA) is 32.8 Å². The number of amides is 1. The summed E-state index contributed by atoms with van der Waals surface area (Å²) >= 11 is 0. The molecule has 1 fully saturated rings. The summed E-state index contributed by atoms with van der Waals surface area (Å²) in [6.45, 7) is 4.62. The summed E-state index contributed by atoms with van der Waals surface area (Å²) in [7, 11) is 1.70. The van der Waals surface area contributed by atoms with Gasteiger partial charge in [-0.1, -0.05) is 42.5 Å². The van der Waals surface area contributed by atoms with Crippen LogP contribution < -0.4 is 4.74 Å². The first-order valence-electron chi connectivity index (χ1n) is 9.41. The highest BCUT2D eigenvalue weighted by Gasteiger charge is 2.20. The van der Waals surface area contributed by atoms with E-state index in [0.29, 0.717) is 6.42 Å². The highest BCUT2D eigenvalue weighted by atomic mass is 16.5. The van der Waals surface area contributed by atoms with Gasteiger partial charge in [0.2, 0.25) is 5.91 Å². The summed E-state index contributed by atoms with van der Waals surface area (Å²) in [5.74, 6) is 1.19. The molecule has 0 bridgehead atoms. The van der Waals surface area contributed by atoms with Gasteiger partial charge < -0.3 is 9.64 Å². The molecule has 1 aliphatic rings. The number of aryl methyl sites for hydroxylation is 1. The van der Waals surface area contributed by atoms with E-state index in [-0.39, 0.29) is 5.91 Å². The molecule has 0 N–H and O–H groups in total.